The summed E-state index contributed by atoms with van der Waals surface area (Å²) in [4.78, 5) is 4.18. The summed E-state index contributed by atoms with van der Waals surface area (Å²) in [5.41, 5.74) is 0.989. The zero-order valence-electron chi connectivity index (χ0n) is 16.4. The van der Waals surface area contributed by atoms with E-state index < -0.39 is 12.0 Å². The number of morpholine rings is 1. The van der Waals surface area contributed by atoms with Gasteiger partial charge in [0.1, 0.15) is 12.7 Å². The van der Waals surface area contributed by atoms with E-state index in [0.29, 0.717) is 50.9 Å². The fourth-order valence-electron chi connectivity index (χ4n) is 3.55. The second kappa shape index (κ2) is 9.82. The van der Waals surface area contributed by atoms with Crippen molar-refractivity contribution in [3.05, 3.63) is 23.8 Å². The van der Waals surface area contributed by atoms with Crippen molar-refractivity contribution in [2.45, 2.75) is 31.4 Å². The lowest BCUT2D eigenvalue weighted by atomic mass is 10.1. The number of nitrogens with zero attached hydrogens (tertiary/aromatic N) is 2. The number of hydrogen-bond acceptors (Lipinski definition) is 6. The van der Waals surface area contributed by atoms with Crippen molar-refractivity contribution in [3.63, 3.8) is 0 Å². The van der Waals surface area contributed by atoms with E-state index in [4.69, 9.17) is 14.2 Å². The van der Waals surface area contributed by atoms with Crippen molar-refractivity contribution in [1.29, 1.82) is 0 Å². The quantitative estimate of drug-likeness (QED) is 0.721. The van der Waals surface area contributed by atoms with Crippen LogP contribution in [0.2, 0.25) is 0 Å². The molecule has 0 radical (unpaired) electrons. The number of piperidine rings is 1. The molecule has 2 aliphatic heterocycles. The van der Waals surface area contributed by atoms with E-state index in [9.17, 15) is 13.9 Å². The van der Waals surface area contributed by atoms with E-state index in [2.05, 4.69) is 4.90 Å². The molecule has 2 fully saturated rings. The van der Waals surface area contributed by atoms with Gasteiger partial charge in [-0.2, -0.15) is 0 Å². The lowest BCUT2D eigenvalue weighted by Gasteiger charge is -2.31. The van der Waals surface area contributed by atoms with Crippen LogP contribution in [-0.4, -0.2) is 86.6 Å². The number of hydrogen-bond donors (Lipinski definition) is 1. The monoisotopic (exact) mass is 400 g/mol. The third kappa shape index (κ3) is 6.27. The van der Waals surface area contributed by atoms with Gasteiger partial charge in [0.2, 0.25) is 0 Å². The number of ether oxygens (including phenoxy) is 3. The molecule has 2 aliphatic rings. The van der Waals surface area contributed by atoms with Gasteiger partial charge in [0.25, 0.3) is 5.92 Å². The Morgan fingerprint density at radius 1 is 1.11 bits per heavy atom. The number of alkyl halides is 2. The van der Waals surface area contributed by atoms with Gasteiger partial charge in [0, 0.05) is 52.1 Å². The van der Waals surface area contributed by atoms with E-state index >= 15 is 0 Å². The van der Waals surface area contributed by atoms with Crippen LogP contribution in [0.1, 0.15) is 18.4 Å². The minimum atomic E-state index is -2.53. The van der Waals surface area contributed by atoms with Crippen LogP contribution < -0.4 is 9.47 Å². The summed E-state index contributed by atoms with van der Waals surface area (Å²) >= 11 is 0. The highest BCUT2D eigenvalue weighted by molar-refractivity contribution is 5.43. The summed E-state index contributed by atoms with van der Waals surface area (Å²) in [6, 6.07) is 5.60. The maximum absolute atomic E-state index is 13.3. The van der Waals surface area contributed by atoms with E-state index in [1.807, 2.05) is 23.1 Å². The molecule has 158 valence electrons. The molecule has 1 aromatic rings. The van der Waals surface area contributed by atoms with Crippen LogP contribution in [0, 0.1) is 0 Å². The zero-order chi connectivity index (χ0) is 20.0. The summed E-state index contributed by atoms with van der Waals surface area (Å²) in [6.45, 7) is 5.12. The first-order valence-electron chi connectivity index (χ1n) is 9.83. The summed E-state index contributed by atoms with van der Waals surface area (Å²) < 4.78 is 43.1. The zero-order valence-corrected chi connectivity index (χ0v) is 16.4. The van der Waals surface area contributed by atoms with Crippen molar-refractivity contribution >= 4 is 0 Å². The number of aliphatic hydroxyl groups excluding tert-OH is 1. The minimum absolute atomic E-state index is 0.0909. The van der Waals surface area contributed by atoms with E-state index in [1.165, 1.54) is 0 Å². The molecule has 2 saturated heterocycles. The van der Waals surface area contributed by atoms with Crippen molar-refractivity contribution in [1.82, 2.24) is 9.80 Å². The maximum Gasteiger partial charge on any atom is 0.250 e. The number of β-amino-alcohol motifs (C(OH)–C–C–N with tert-alkyl or cyclic N) is 1. The van der Waals surface area contributed by atoms with Gasteiger partial charge in [-0.15, -0.1) is 0 Å². The molecule has 0 bridgehead atoms. The molecule has 8 heteroatoms. The molecule has 6 nitrogen and oxygen atoms in total. The smallest absolute Gasteiger partial charge is 0.250 e. The number of benzene rings is 1. The average Bonchev–Trinajstić information content (AvgIpc) is 2.69. The van der Waals surface area contributed by atoms with Crippen LogP contribution in [0.25, 0.3) is 0 Å². The molecule has 0 saturated carbocycles. The fraction of sp³-hybridized carbons (Fsp3) is 0.700. The second-order valence-electron chi connectivity index (χ2n) is 7.50. The first-order valence-corrected chi connectivity index (χ1v) is 9.83. The molecule has 0 aliphatic carbocycles. The first-order chi connectivity index (χ1) is 13.4. The molecule has 0 amide bonds. The standard InChI is InChI=1S/C20H30F2N2O4/c1-26-19-12-16(13-23-6-4-20(21,22)5-7-23)2-3-18(19)28-15-17(25)14-24-8-10-27-11-9-24/h2-3,12,17,25H,4-11,13-15H2,1H3. The Balaban J connectivity index is 1.49. The lowest BCUT2D eigenvalue weighted by molar-refractivity contribution is -0.0566. The van der Waals surface area contributed by atoms with Gasteiger partial charge in [0.15, 0.2) is 11.5 Å². The molecule has 0 spiro atoms. The Labute approximate surface area is 165 Å². The summed E-state index contributed by atoms with van der Waals surface area (Å²) in [5, 5.41) is 10.2. The van der Waals surface area contributed by atoms with Gasteiger partial charge in [-0.3, -0.25) is 9.80 Å². The van der Waals surface area contributed by atoms with Gasteiger partial charge >= 0.3 is 0 Å². The highest BCUT2D eigenvalue weighted by Crippen LogP contribution is 2.31. The molecule has 1 aromatic carbocycles. The topological polar surface area (TPSA) is 54.4 Å². The minimum Gasteiger partial charge on any atom is -0.493 e. The van der Waals surface area contributed by atoms with Crippen LogP contribution in [0.5, 0.6) is 11.5 Å². The van der Waals surface area contributed by atoms with Crippen LogP contribution in [0.15, 0.2) is 18.2 Å². The van der Waals surface area contributed by atoms with Gasteiger partial charge in [-0.1, -0.05) is 6.07 Å². The third-order valence-electron chi connectivity index (χ3n) is 5.23. The molecular weight excluding hydrogens is 370 g/mol. The van der Waals surface area contributed by atoms with Crippen molar-refractivity contribution in [2.75, 3.05) is 59.7 Å². The number of likely N-dealkylation sites (tertiary alicyclic amines) is 1. The SMILES string of the molecule is COc1cc(CN2CCC(F)(F)CC2)ccc1OCC(O)CN1CCOCC1. The van der Waals surface area contributed by atoms with Crippen LogP contribution in [-0.2, 0) is 11.3 Å². The van der Waals surface area contributed by atoms with Gasteiger partial charge in [-0.05, 0) is 17.7 Å². The molecule has 3 rings (SSSR count). The molecule has 1 unspecified atom stereocenters. The Morgan fingerprint density at radius 3 is 2.50 bits per heavy atom. The summed E-state index contributed by atoms with van der Waals surface area (Å²) in [6.07, 6.45) is -0.781. The van der Waals surface area contributed by atoms with E-state index in [-0.39, 0.29) is 19.4 Å². The number of rotatable bonds is 8. The second-order valence-corrected chi connectivity index (χ2v) is 7.50. The van der Waals surface area contributed by atoms with Crippen LogP contribution in [0.4, 0.5) is 8.78 Å². The predicted molar refractivity (Wildman–Crippen MR) is 101 cm³/mol. The summed E-state index contributed by atoms with van der Waals surface area (Å²) in [5.74, 6) is -1.38. The molecule has 1 N–H and O–H groups in total. The average molecular weight is 400 g/mol. The van der Waals surface area contributed by atoms with Gasteiger partial charge < -0.3 is 19.3 Å². The molecule has 28 heavy (non-hydrogen) atoms. The van der Waals surface area contributed by atoms with Crippen LogP contribution in [0.3, 0.4) is 0 Å². The number of halogens is 2. The molecule has 1 atom stereocenters. The fourth-order valence-corrected chi connectivity index (χ4v) is 3.55. The molecule has 2 heterocycles. The van der Waals surface area contributed by atoms with E-state index in [1.54, 1.807) is 7.11 Å². The highest BCUT2D eigenvalue weighted by Gasteiger charge is 2.33. The number of methoxy groups -OCH3 is 1. The Bertz CT molecular complexity index is 616. The Morgan fingerprint density at radius 2 is 1.82 bits per heavy atom. The van der Waals surface area contributed by atoms with Gasteiger partial charge in [0.05, 0.1) is 20.3 Å². The highest BCUT2D eigenvalue weighted by atomic mass is 19.3. The predicted octanol–water partition coefficient (Wildman–Crippen LogP) is 2.00. The Kier molecular flexibility index (Phi) is 7.45. The van der Waals surface area contributed by atoms with Crippen molar-refractivity contribution < 1.29 is 28.1 Å². The van der Waals surface area contributed by atoms with E-state index in [0.717, 1.165) is 18.7 Å². The first kappa shape index (κ1) is 21.2. The lowest BCUT2D eigenvalue weighted by Crippen LogP contribution is -2.42. The normalized spacial score (nSPS) is 22.0. The summed E-state index contributed by atoms with van der Waals surface area (Å²) in [7, 11) is 1.57. The molecular formula is C20H30F2N2O4. The third-order valence-corrected chi connectivity index (χ3v) is 5.23. The number of aliphatic hydroxyl groups is 1. The van der Waals surface area contributed by atoms with Gasteiger partial charge in [-0.25, -0.2) is 8.78 Å². The molecule has 0 aromatic heterocycles. The van der Waals surface area contributed by atoms with Crippen molar-refractivity contribution in [3.8, 4) is 11.5 Å². The largest absolute Gasteiger partial charge is 0.493 e. The van der Waals surface area contributed by atoms with Crippen LogP contribution >= 0.6 is 0 Å². The van der Waals surface area contributed by atoms with Crippen molar-refractivity contribution in [2.24, 2.45) is 0 Å². The maximum atomic E-state index is 13.3. The Hall–Kier alpha value is -1.48.